The van der Waals surface area contributed by atoms with Crippen LogP contribution < -0.4 is 20.4 Å². The third kappa shape index (κ3) is 3.03. The van der Waals surface area contributed by atoms with E-state index < -0.39 is 12.1 Å². The van der Waals surface area contributed by atoms with E-state index in [-0.39, 0.29) is 17.7 Å². The summed E-state index contributed by atoms with van der Waals surface area (Å²) in [5, 5.41) is 14.9. The molecular weight excluding hydrogens is 332 g/mol. The van der Waals surface area contributed by atoms with E-state index >= 15 is 0 Å². The van der Waals surface area contributed by atoms with Crippen LogP contribution in [0.4, 0.5) is 16.2 Å². The van der Waals surface area contributed by atoms with Crippen molar-refractivity contribution in [3.8, 4) is 5.75 Å². The van der Waals surface area contributed by atoms with Crippen LogP contribution >= 0.6 is 0 Å². The molecule has 3 N–H and O–H groups in total. The number of urea groups is 1. The summed E-state index contributed by atoms with van der Waals surface area (Å²) in [6.45, 7) is 2.03. The van der Waals surface area contributed by atoms with E-state index in [1.165, 1.54) is 0 Å². The van der Waals surface area contributed by atoms with E-state index in [9.17, 15) is 14.7 Å². The Labute approximate surface area is 151 Å². The third-order valence-corrected chi connectivity index (χ3v) is 4.89. The van der Waals surface area contributed by atoms with E-state index in [2.05, 4.69) is 20.4 Å². The highest BCUT2D eigenvalue weighted by Gasteiger charge is 2.42. The fraction of sp³-hybridized carbons (Fsp3) is 0.263. The predicted molar refractivity (Wildman–Crippen MR) is 98.4 cm³/mol. The SMILES string of the molecule is O=C1NC(=O)C(C2CN(c3ccccc3)CCN2c2cccc(O)c2)N1. The molecule has 0 saturated carbocycles. The van der Waals surface area contributed by atoms with Crippen molar-refractivity contribution in [2.75, 3.05) is 29.4 Å². The zero-order chi connectivity index (χ0) is 18.1. The first-order chi connectivity index (χ1) is 12.6. The summed E-state index contributed by atoms with van der Waals surface area (Å²) in [6, 6.07) is 15.6. The molecular formula is C19H20N4O3. The second-order valence-electron chi connectivity index (χ2n) is 6.50. The van der Waals surface area contributed by atoms with Gasteiger partial charge in [0, 0.05) is 37.1 Å². The number of nitrogens with one attached hydrogen (secondary N) is 2. The number of imide groups is 1. The summed E-state index contributed by atoms with van der Waals surface area (Å²) in [6.07, 6.45) is 0. The van der Waals surface area contributed by atoms with Crippen LogP contribution in [0.1, 0.15) is 0 Å². The van der Waals surface area contributed by atoms with Gasteiger partial charge in [0.25, 0.3) is 5.91 Å². The summed E-state index contributed by atoms with van der Waals surface area (Å²) >= 11 is 0. The van der Waals surface area contributed by atoms with Crippen molar-refractivity contribution in [2.24, 2.45) is 0 Å². The van der Waals surface area contributed by atoms with Crippen LogP contribution in [-0.4, -0.2) is 48.8 Å². The molecule has 7 nitrogen and oxygen atoms in total. The average Bonchev–Trinajstić information content (AvgIpc) is 3.00. The Morgan fingerprint density at radius 1 is 0.962 bits per heavy atom. The first kappa shape index (κ1) is 16.3. The number of anilines is 2. The minimum atomic E-state index is -0.642. The van der Waals surface area contributed by atoms with E-state index in [0.29, 0.717) is 13.1 Å². The number of phenols is 1. The lowest BCUT2D eigenvalue weighted by Crippen LogP contribution is -2.62. The summed E-state index contributed by atoms with van der Waals surface area (Å²) in [5.74, 6) is -0.147. The van der Waals surface area contributed by atoms with Crippen molar-refractivity contribution in [1.29, 1.82) is 0 Å². The zero-order valence-corrected chi connectivity index (χ0v) is 14.1. The molecule has 2 unspecified atom stereocenters. The van der Waals surface area contributed by atoms with Gasteiger partial charge in [0.05, 0.1) is 6.04 Å². The number of hydrogen-bond donors (Lipinski definition) is 3. The van der Waals surface area contributed by atoms with Crippen LogP contribution in [0.25, 0.3) is 0 Å². The van der Waals surface area contributed by atoms with E-state index in [1.807, 2.05) is 36.4 Å². The molecule has 2 aliphatic rings. The van der Waals surface area contributed by atoms with Crippen LogP contribution in [0.5, 0.6) is 5.75 Å². The Morgan fingerprint density at radius 3 is 2.42 bits per heavy atom. The van der Waals surface area contributed by atoms with E-state index in [1.54, 1.807) is 18.2 Å². The van der Waals surface area contributed by atoms with Crippen molar-refractivity contribution in [3.05, 3.63) is 54.6 Å². The molecule has 4 rings (SSSR count). The van der Waals surface area contributed by atoms with Gasteiger partial charge in [-0.15, -0.1) is 0 Å². The smallest absolute Gasteiger partial charge is 0.322 e. The Kier molecular flexibility index (Phi) is 4.12. The van der Waals surface area contributed by atoms with Gasteiger partial charge in [-0.3, -0.25) is 10.1 Å². The number of phenolic OH excluding ortho intramolecular Hbond substituents is 1. The maximum atomic E-state index is 12.3. The fourth-order valence-electron chi connectivity index (χ4n) is 3.66. The van der Waals surface area contributed by atoms with Crippen molar-refractivity contribution < 1.29 is 14.7 Å². The van der Waals surface area contributed by atoms with Gasteiger partial charge in [-0.05, 0) is 24.3 Å². The molecule has 0 radical (unpaired) electrons. The van der Waals surface area contributed by atoms with Gasteiger partial charge in [-0.25, -0.2) is 4.79 Å². The molecule has 0 spiro atoms. The molecule has 2 aromatic rings. The highest BCUT2D eigenvalue weighted by molar-refractivity contribution is 6.04. The molecule has 2 atom stereocenters. The molecule has 134 valence electrons. The number of aromatic hydroxyl groups is 1. The van der Waals surface area contributed by atoms with Gasteiger partial charge in [0.1, 0.15) is 11.8 Å². The van der Waals surface area contributed by atoms with Crippen LogP contribution in [0.15, 0.2) is 54.6 Å². The lowest BCUT2D eigenvalue weighted by molar-refractivity contribution is -0.120. The number of para-hydroxylation sites is 1. The minimum Gasteiger partial charge on any atom is -0.508 e. The highest BCUT2D eigenvalue weighted by Crippen LogP contribution is 2.28. The number of amides is 3. The number of nitrogens with zero attached hydrogens (tertiary/aromatic N) is 2. The maximum absolute atomic E-state index is 12.3. The van der Waals surface area contributed by atoms with Gasteiger partial charge >= 0.3 is 6.03 Å². The number of benzene rings is 2. The molecule has 0 aliphatic carbocycles. The lowest BCUT2D eigenvalue weighted by Gasteiger charge is -2.45. The first-order valence-electron chi connectivity index (χ1n) is 8.59. The van der Waals surface area contributed by atoms with Crippen LogP contribution in [0, 0.1) is 0 Å². The van der Waals surface area contributed by atoms with Crippen LogP contribution in [0.3, 0.4) is 0 Å². The number of carbonyl (C=O) groups is 2. The largest absolute Gasteiger partial charge is 0.508 e. The van der Waals surface area contributed by atoms with E-state index in [0.717, 1.165) is 17.9 Å². The lowest BCUT2D eigenvalue weighted by atomic mass is 10.0. The number of carbonyl (C=O) groups excluding carboxylic acids is 2. The quantitative estimate of drug-likeness (QED) is 0.725. The van der Waals surface area contributed by atoms with Crippen molar-refractivity contribution in [2.45, 2.75) is 12.1 Å². The molecule has 0 bridgehead atoms. The summed E-state index contributed by atoms with van der Waals surface area (Å²) in [4.78, 5) is 28.2. The number of rotatable bonds is 3. The van der Waals surface area contributed by atoms with Crippen molar-refractivity contribution >= 4 is 23.3 Å². The Balaban J connectivity index is 1.66. The summed E-state index contributed by atoms with van der Waals surface area (Å²) in [7, 11) is 0. The second kappa shape index (κ2) is 6.59. The molecule has 2 aliphatic heterocycles. The molecule has 2 saturated heterocycles. The standard InChI is InChI=1S/C19H20N4O3/c24-15-8-4-7-14(11-15)23-10-9-22(13-5-2-1-3-6-13)12-16(23)17-18(25)21-19(26)20-17/h1-8,11,16-17,24H,9-10,12H2,(H2,20,21,25,26). The molecule has 2 aromatic carbocycles. The summed E-state index contributed by atoms with van der Waals surface area (Å²) in [5.41, 5.74) is 1.91. The molecule has 7 heteroatoms. The second-order valence-corrected chi connectivity index (χ2v) is 6.50. The number of piperazine rings is 1. The number of hydrogen-bond acceptors (Lipinski definition) is 5. The Hall–Kier alpha value is -3.22. The molecule has 2 heterocycles. The zero-order valence-electron chi connectivity index (χ0n) is 14.1. The summed E-state index contributed by atoms with van der Waals surface area (Å²) < 4.78 is 0. The van der Waals surface area contributed by atoms with Gasteiger partial charge < -0.3 is 20.2 Å². The van der Waals surface area contributed by atoms with Gasteiger partial charge in [-0.1, -0.05) is 24.3 Å². The van der Waals surface area contributed by atoms with Gasteiger partial charge in [0.2, 0.25) is 0 Å². The Morgan fingerprint density at radius 2 is 1.73 bits per heavy atom. The predicted octanol–water partition coefficient (Wildman–Crippen LogP) is 1.30. The van der Waals surface area contributed by atoms with Crippen molar-refractivity contribution in [1.82, 2.24) is 10.6 Å². The van der Waals surface area contributed by atoms with Crippen LogP contribution in [-0.2, 0) is 4.79 Å². The Bertz CT molecular complexity index is 827. The maximum Gasteiger partial charge on any atom is 0.322 e. The average molecular weight is 352 g/mol. The third-order valence-electron chi connectivity index (χ3n) is 4.89. The topological polar surface area (TPSA) is 84.9 Å². The fourth-order valence-corrected chi connectivity index (χ4v) is 3.66. The highest BCUT2D eigenvalue weighted by atomic mass is 16.3. The van der Waals surface area contributed by atoms with Crippen LogP contribution in [0.2, 0.25) is 0 Å². The molecule has 26 heavy (non-hydrogen) atoms. The molecule has 0 aromatic heterocycles. The normalized spacial score (nSPS) is 22.9. The minimum absolute atomic E-state index is 0.173. The molecule has 3 amide bonds. The molecule has 2 fully saturated rings. The first-order valence-corrected chi connectivity index (χ1v) is 8.59. The van der Waals surface area contributed by atoms with E-state index in [4.69, 9.17) is 0 Å². The monoisotopic (exact) mass is 352 g/mol. The van der Waals surface area contributed by atoms with Gasteiger partial charge in [0.15, 0.2) is 0 Å². The van der Waals surface area contributed by atoms with Crippen molar-refractivity contribution in [3.63, 3.8) is 0 Å². The van der Waals surface area contributed by atoms with Gasteiger partial charge in [-0.2, -0.15) is 0 Å².